The van der Waals surface area contributed by atoms with Crippen molar-refractivity contribution in [3.63, 3.8) is 0 Å². The van der Waals surface area contributed by atoms with Gasteiger partial charge in [0.25, 0.3) is 0 Å². The summed E-state index contributed by atoms with van der Waals surface area (Å²) >= 11 is 0. The smallest absolute Gasteiger partial charge is 0.390 e. The maximum absolute atomic E-state index is 13.2. The molecular formula is C27H65F8N3O5Si2. The second kappa shape index (κ2) is 28.3. The number of allylic oxidation sites excluding steroid dienone is 1. The van der Waals surface area contributed by atoms with Crippen LogP contribution in [0, 0.1) is 0 Å². The Morgan fingerprint density at radius 1 is 0.622 bits per heavy atom. The molecule has 0 heterocycles. The van der Waals surface area contributed by atoms with E-state index < -0.39 is 48.0 Å². The monoisotopic (exact) mass is 719 g/mol. The lowest BCUT2D eigenvalue weighted by Crippen LogP contribution is -2.53. The van der Waals surface area contributed by atoms with Crippen LogP contribution in [0.4, 0.5) is 35.1 Å². The molecule has 0 fully saturated rings. The summed E-state index contributed by atoms with van der Waals surface area (Å²) in [5, 5.41) is 8.26. The normalized spacial score (nSPS) is 12.4. The fourth-order valence-corrected chi connectivity index (χ4v) is 7.53. The van der Waals surface area contributed by atoms with Crippen LogP contribution in [0.3, 0.4) is 0 Å². The molecule has 45 heavy (non-hydrogen) atoms. The first-order chi connectivity index (χ1) is 17.9. The Hall–Kier alpha value is -0.706. The highest BCUT2D eigenvalue weighted by atomic mass is 28.5. The lowest BCUT2D eigenvalue weighted by molar-refractivity contribution is -0.347. The molecule has 0 saturated carbocycles. The number of rotatable bonds is 23. The number of hydrogen-bond acceptors (Lipinski definition) is 8. The molecule has 0 bridgehead atoms. The van der Waals surface area contributed by atoms with Crippen LogP contribution < -0.4 is 16.0 Å². The molecule has 0 saturated heterocycles. The van der Waals surface area contributed by atoms with Crippen molar-refractivity contribution in [1.82, 2.24) is 16.0 Å². The minimum Gasteiger partial charge on any atom is -0.390 e. The molecule has 282 valence electrons. The van der Waals surface area contributed by atoms with Crippen LogP contribution >= 0.6 is 0 Å². The van der Waals surface area contributed by atoms with Gasteiger partial charge in [-0.2, -0.15) is 30.7 Å². The van der Waals surface area contributed by atoms with Crippen LogP contribution in [0.15, 0.2) is 11.9 Å². The number of nitrogens with one attached hydrogen (secondary N) is 3. The van der Waals surface area contributed by atoms with Crippen molar-refractivity contribution in [2.24, 2.45) is 0 Å². The number of hydrogen-bond donors (Lipinski definition) is 7. The van der Waals surface area contributed by atoms with Crippen molar-refractivity contribution in [3.05, 3.63) is 11.9 Å². The van der Waals surface area contributed by atoms with Gasteiger partial charge in [-0.15, -0.1) is 0 Å². The molecule has 7 N–H and O–H groups in total. The van der Waals surface area contributed by atoms with Crippen molar-refractivity contribution >= 4 is 17.6 Å². The topological polar surface area (TPSA) is 126 Å². The first-order valence-electron chi connectivity index (χ1n) is 12.8. The van der Waals surface area contributed by atoms with E-state index in [1.165, 1.54) is 0 Å². The minimum absolute atomic E-state index is 0. The Kier molecular flexibility index (Phi) is 37.6. The van der Waals surface area contributed by atoms with Gasteiger partial charge in [-0.05, 0) is 25.5 Å². The molecule has 0 spiro atoms. The molecule has 0 aromatic carbocycles. The zero-order valence-corrected chi connectivity index (χ0v) is 23.9. The predicted octanol–water partition coefficient (Wildman–Crippen LogP) is 6.87. The zero-order chi connectivity index (χ0) is 30.2. The van der Waals surface area contributed by atoms with Crippen molar-refractivity contribution in [1.29, 1.82) is 0 Å². The Labute approximate surface area is 269 Å². The van der Waals surface area contributed by atoms with Gasteiger partial charge < -0.3 is 39.2 Å². The summed E-state index contributed by atoms with van der Waals surface area (Å²) in [5.74, 6) is -15.5. The molecule has 0 aliphatic heterocycles. The molecule has 18 heteroatoms. The third-order valence-electron chi connectivity index (χ3n) is 5.47. The first-order valence-corrected chi connectivity index (χ1v) is 16.8. The first kappa shape index (κ1) is 59.7. The van der Waals surface area contributed by atoms with E-state index in [0.29, 0.717) is 26.1 Å². The molecule has 0 aliphatic carbocycles. The van der Waals surface area contributed by atoms with E-state index in [1.54, 1.807) is 0 Å². The molecule has 8 nitrogen and oxygen atoms in total. The van der Waals surface area contributed by atoms with Crippen LogP contribution in [0.25, 0.3) is 0 Å². The largest absolute Gasteiger partial charge is 0.488 e. The Balaban J connectivity index is -0.000000481. The fraction of sp³-hybridized carbons (Fsp3) is 0.926. The number of halogens is 8. The summed E-state index contributed by atoms with van der Waals surface area (Å²) in [7, 11) is -8.39. The van der Waals surface area contributed by atoms with Crippen molar-refractivity contribution in [3.8, 4) is 0 Å². The van der Waals surface area contributed by atoms with Crippen LogP contribution in [0.5, 0.6) is 0 Å². The molecule has 0 aliphatic rings. The third-order valence-corrected chi connectivity index (χ3v) is 10.1. The van der Waals surface area contributed by atoms with E-state index in [9.17, 15) is 54.3 Å². The number of unbranched alkanes of at least 4 members (excludes halogenated alkanes) is 5. The molecule has 0 amide bonds. The van der Waals surface area contributed by atoms with Gasteiger partial charge >= 0.3 is 35.6 Å². The lowest BCUT2D eigenvalue weighted by Gasteiger charge is -2.26. The average molecular weight is 720 g/mol. The van der Waals surface area contributed by atoms with Gasteiger partial charge in [-0.1, -0.05) is 83.6 Å². The van der Waals surface area contributed by atoms with Gasteiger partial charge in [0.2, 0.25) is 0 Å². The molecule has 0 rings (SSSR count). The van der Waals surface area contributed by atoms with Crippen LogP contribution in [0.1, 0.15) is 96.4 Å². The van der Waals surface area contributed by atoms with Crippen LogP contribution in [0.2, 0.25) is 12.1 Å². The Morgan fingerprint density at radius 3 is 1.49 bits per heavy atom. The third kappa shape index (κ3) is 25.0. The Morgan fingerprint density at radius 2 is 1.02 bits per heavy atom. The van der Waals surface area contributed by atoms with Crippen molar-refractivity contribution in [2.45, 2.75) is 127 Å². The molecule has 0 aromatic heterocycles. The van der Waals surface area contributed by atoms with Crippen molar-refractivity contribution < 1.29 is 58.4 Å². The maximum Gasteiger partial charge on any atom is 0.488 e. The predicted molar refractivity (Wildman–Crippen MR) is 173 cm³/mol. The quantitative estimate of drug-likeness (QED) is 0.0347. The fourth-order valence-electron chi connectivity index (χ4n) is 3.27. The highest BCUT2D eigenvalue weighted by Gasteiger charge is 2.74. The SMILES string of the molecule is C.C.C.C.C.C.CCCCCCCC[Si](O)(O)O[Si](O)(O)CCCNCCNCCNC/C=C(\F)C(F)(F)C(F)(F)C(F)(F)F. The van der Waals surface area contributed by atoms with E-state index in [4.69, 9.17) is 4.12 Å². The van der Waals surface area contributed by atoms with Crippen LogP contribution in [-0.4, -0.2) is 94.1 Å². The molecule has 0 atom stereocenters. The molecular weight excluding hydrogens is 654 g/mol. The number of alkyl halides is 7. The summed E-state index contributed by atoms with van der Waals surface area (Å²) in [6.45, 7) is 2.89. The molecule has 0 radical (unpaired) electrons. The second-order valence-corrected chi connectivity index (χ2v) is 13.9. The van der Waals surface area contributed by atoms with Crippen molar-refractivity contribution in [2.75, 3.05) is 39.3 Å². The van der Waals surface area contributed by atoms with Gasteiger partial charge in [-0.3, -0.25) is 0 Å². The zero-order valence-electron chi connectivity index (χ0n) is 21.9. The standard InChI is InChI=1S/C21H41F8N3O5Si2.6CH4/c1-2-3-4-5-6-7-16-38(33,34)37-39(35,36)17-8-10-30-12-14-32-15-13-31-11-9-18(22)19(23,24)20(25,26)21(27,28)29;;;;;;/h9,30-36H,2-8,10-17H2,1H3;6*1H4/b18-9-;;;;;;. The second-order valence-electron chi connectivity index (χ2n) is 9.11. The highest BCUT2D eigenvalue weighted by molar-refractivity contribution is 6.72. The lowest BCUT2D eigenvalue weighted by atomic mass is 10.1. The van der Waals surface area contributed by atoms with Gasteiger partial charge in [-0.25, -0.2) is 4.39 Å². The average Bonchev–Trinajstić information content (AvgIpc) is 2.80. The van der Waals surface area contributed by atoms with E-state index in [2.05, 4.69) is 22.9 Å². The summed E-state index contributed by atoms with van der Waals surface area (Å²) in [6.07, 6.45) is -0.828. The van der Waals surface area contributed by atoms with Crippen LogP contribution in [-0.2, 0) is 4.12 Å². The van der Waals surface area contributed by atoms with E-state index in [0.717, 1.165) is 32.1 Å². The summed E-state index contributed by atoms with van der Waals surface area (Å²) in [5.41, 5.74) is 0. The Bertz CT molecular complexity index is 710. The minimum atomic E-state index is -6.61. The van der Waals surface area contributed by atoms with Gasteiger partial charge in [0.15, 0.2) is 5.83 Å². The van der Waals surface area contributed by atoms with Gasteiger partial charge in [0, 0.05) is 44.8 Å². The maximum atomic E-state index is 13.2. The van der Waals surface area contributed by atoms with E-state index in [1.807, 2.05) is 0 Å². The molecule has 0 unspecified atom stereocenters. The van der Waals surface area contributed by atoms with E-state index >= 15 is 0 Å². The van der Waals surface area contributed by atoms with Gasteiger partial charge in [0.05, 0.1) is 0 Å². The summed E-state index contributed by atoms with van der Waals surface area (Å²) in [4.78, 5) is 40.0. The van der Waals surface area contributed by atoms with Gasteiger partial charge in [0.1, 0.15) is 0 Å². The van der Waals surface area contributed by atoms with E-state index in [-0.39, 0.29) is 82.2 Å². The summed E-state index contributed by atoms with van der Waals surface area (Å²) in [6, 6.07) is -0.138. The highest BCUT2D eigenvalue weighted by Crippen LogP contribution is 2.49. The molecule has 0 aromatic rings. The summed E-state index contributed by atoms with van der Waals surface area (Å²) < 4.78 is 106.